The highest BCUT2D eigenvalue weighted by atomic mass is 32.2. The van der Waals surface area contributed by atoms with Crippen LogP contribution in [0.4, 0.5) is 0 Å². The molecule has 1 aromatic rings. The lowest BCUT2D eigenvalue weighted by atomic mass is 10.2. The molecule has 0 atom stereocenters. The number of carbonyl (C=O) groups excluding carboxylic acids is 1. The summed E-state index contributed by atoms with van der Waals surface area (Å²) in [5.74, 6) is -1.37. The smallest absolute Gasteiger partial charge is 0.335 e. The lowest BCUT2D eigenvalue weighted by Crippen LogP contribution is -2.33. The van der Waals surface area contributed by atoms with Crippen molar-refractivity contribution in [1.29, 1.82) is 0 Å². The molecule has 0 aliphatic heterocycles. The summed E-state index contributed by atoms with van der Waals surface area (Å²) in [6, 6.07) is 4.85. The molecule has 104 valence electrons. The van der Waals surface area contributed by atoms with Crippen LogP contribution in [0, 0.1) is 0 Å². The second-order valence-electron chi connectivity index (χ2n) is 3.71. The van der Waals surface area contributed by atoms with Gasteiger partial charge in [-0.15, -0.1) is 0 Å². The minimum atomic E-state index is -3.69. The van der Waals surface area contributed by atoms with Gasteiger partial charge in [0.1, 0.15) is 0 Å². The van der Waals surface area contributed by atoms with Gasteiger partial charge in [-0.05, 0) is 24.3 Å². The minimum absolute atomic E-state index is 0.0113. The molecule has 0 aliphatic carbocycles. The van der Waals surface area contributed by atoms with Gasteiger partial charge in [0.25, 0.3) is 0 Å². The first kappa shape index (κ1) is 15.1. The second-order valence-corrected chi connectivity index (χ2v) is 5.48. The van der Waals surface area contributed by atoms with Crippen LogP contribution in [0.15, 0.2) is 29.2 Å². The number of sulfonamides is 1. The molecule has 0 saturated heterocycles. The van der Waals surface area contributed by atoms with Crippen LogP contribution in [-0.4, -0.2) is 38.5 Å². The monoisotopic (exact) mass is 286 g/mol. The van der Waals surface area contributed by atoms with Gasteiger partial charge in [-0.25, -0.2) is 17.9 Å². The largest absolute Gasteiger partial charge is 0.478 e. The van der Waals surface area contributed by atoms with Crippen molar-refractivity contribution in [2.24, 2.45) is 0 Å². The number of rotatable bonds is 6. The standard InChI is InChI=1S/C11H14N2O5S/c1-8(14)12-6-7-13-19(17,18)10-4-2-9(3-5-10)11(15)16/h2-5,13H,6-7H2,1H3,(H,12,14)(H,15,16). The van der Waals surface area contributed by atoms with Crippen molar-refractivity contribution in [2.75, 3.05) is 13.1 Å². The van der Waals surface area contributed by atoms with Crippen molar-refractivity contribution < 1.29 is 23.1 Å². The van der Waals surface area contributed by atoms with E-state index in [1.54, 1.807) is 0 Å². The molecule has 1 amide bonds. The maximum absolute atomic E-state index is 11.8. The Morgan fingerprint density at radius 2 is 1.74 bits per heavy atom. The average Bonchev–Trinajstić information content (AvgIpc) is 2.34. The van der Waals surface area contributed by atoms with Crippen molar-refractivity contribution in [2.45, 2.75) is 11.8 Å². The van der Waals surface area contributed by atoms with Gasteiger partial charge in [0, 0.05) is 20.0 Å². The molecule has 7 nitrogen and oxygen atoms in total. The SMILES string of the molecule is CC(=O)NCCNS(=O)(=O)c1ccc(C(=O)O)cc1. The van der Waals surface area contributed by atoms with Gasteiger partial charge >= 0.3 is 5.97 Å². The van der Waals surface area contributed by atoms with Gasteiger partial charge in [0.2, 0.25) is 15.9 Å². The first-order valence-corrected chi connectivity index (χ1v) is 6.89. The molecule has 0 fully saturated rings. The topological polar surface area (TPSA) is 113 Å². The van der Waals surface area contributed by atoms with Crippen molar-refractivity contribution in [1.82, 2.24) is 10.0 Å². The van der Waals surface area contributed by atoms with Crippen LogP contribution in [0.5, 0.6) is 0 Å². The fraction of sp³-hybridized carbons (Fsp3) is 0.273. The van der Waals surface area contributed by atoms with Crippen molar-refractivity contribution in [3.63, 3.8) is 0 Å². The molecule has 0 aromatic heterocycles. The minimum Gasteiger partial charge on any atom is -0.478 e. The maximum Gasteiger partial charge on any atom is 0.335 e. The number of carbonyl (C=O) groups is 2. The highest BCUT2D eigenvalue weighted by Crippen LogP contribution is 2.10. The van der Waals surface area contributed by atoms with Gasteiger partial charge in [0.05, 0.1) is 10.5 Å². The molecule has 8 heteroatoms. The van der Waals surface area contributed by atoms with E-state index in [-0.39, 0.29) is 29.5 Å². The molecular weight excluding hydrogens is 272 g/mol. The third-order valence-corrected chi connectivity index (χ3v) is 3.68. The number of hydrogen-bond acceptors (Lipinski definition) is 4. The summed E-state index contributed by atoms with van der Waals surface area (Å²) in [5, 5.41) is 11.1. The molecule has 0 heterocycles. The number of carboxylic acid groups (broad SMARTS) is 1. The number of carboxylic acids is 1. The molecule has 0 bridgehead atoms. The second kappa shape index (κ2) is 6.30. The summed E-state index contributed by atoms with van der Waals surface area (Å²) in [6.07, 6.45) is 0. The molecule has 0 spiro atoms. The van der Waals surface area contributed by atoms with Crippen LogP contribution in [0.25, 0.3) is 0 Å². The molecule has 0 aliphatic rings. The van der Waals surface area contributed by atoms with E-state index in [4.69, 9.17) is 5.11 Å². The van der Waals surface area contributed by atoms with E-state index in [9.17, 15) is 18.0 Å². The van der Waals surface area contributed by atoms with Crippen LogP contribution in [0.2, 0.25) is 0 Å². The predicted molar refractivity (Wildman–Crippen MR) is 67.3 cm³/mol. The molecule has 0 unspecified atom stereocenters. The lowest BCUT2D eigenvalue weighted by molar-refractivity contribution is -0.118. The summed E-state index contributed by atoms with van der Waals surface area (Å²) in [7, 11) is -3.69. The number of hydrogen-bond donors (Lipinski definition) is 3. The van der Waals surface area contributed by atoms with E-state index < -0.39 is 16.0 Å². The van der Waals surface area contributed by atoms with Crippen LogP contribution in [0.3, 0.4) is 0 Å². The highest BCUT2D eigenvalue weighted by molar-refractivity contribution is 7.89. The summed E-state index contributed by atoms with van der Waals surface area (Å²) in [6.45, 7) is 1.57. The van der Waals surface area contributed by atoms with Crippen molar-refractivity contribution in [3.8, 4) is 0 Å². The Bertz CT molecular complexity index is 565. The highest BCUT2D eigenvalue weighted by Gasteiger charge is 2.14. The fourth-order valence-electron chi connectivity index (χ4n) is 1.28. The van der Waals surface area contributed by atoms with Crippen molar-refractivity contribution in [3.05, 3.63) is 29.8 Å². The van der Waals surface area contributed by atoms with Crippen LogP contribution < -0.4 is 10.0 Å². The number of nitrogens with one attached hydrogen (secondary N) is 2. The van der Waals surface area contributed by atoms with Gasteiger partial charge < -0.3 is 10.4 Å². The Balaban J connectivity index is 2.66. The van der Waals surface area contributed by atoms with Gasteiger partial charge in [-0.3, -0.25) is 4.79 Å². The summed E-state index contributed by atoms with van der Waals surface area (Å²) in [4.78, 5) is 21.2. The van der Waals surface area contributed by atoms with E-state index >= 15 is 0 Å². The Morgan fingerprint density at radius 3 is 2.21 bits per heavy atom. The molecule has 0 saturated carbocycles. The molecule has 1 aromatic carbocycles. The molecule has 19 heavy (non-hydrogen) atoms. The average molecular weight is 286 g/mol. The molecule has 1 rings (SSSR count). The van der Waals surface area contributed by atoms with Gasteiger partial charge in [0.15, 0.2) is 0 Å². The summed E-state index contributed by atoms with van der Waals surface area (Å²) < 4.78 is 25.9. The number of benzene rings is 1. The Morgan fingerprint density at radius 1 is 1.16 bits per heavy atom. The summed E-state index contributed by atoms with van der Waals surface area (Å²) >= 11 is 0. The van der Waals surface area contributed by atoms with E-state index in [1.165, 1.54) is 31.2 Å². The Hall–Kier alpha value is -1.93. The third-order valence-electron chi connectivity index (χ3n) is 2.20. The van der Waals surface area contributed by atoms with E-state index in [0.717, 1.165) is 0 Å². The molecular formula is C11H14N2O5S. The first-order chi connectivity index (χ1) is 8.83. The summed E-state index contributed by atoms with van der Waals surface area (Å²) in [5.41, 5.74) is 0.0113. The zero-order valence-corrected chi connectivity index (χ0v) is 11.0. The van der Waals surface area contributed by atoms with Crippen molar-refractivity contribution >= 4 is 21.9 Å². The third kappa shape index (κ3) is 4.68. The van der Waals surface area contributed by atoms with Gasteiger partial charge in [-0.2, -0.15) is 0 Å². The zero-order valence-electron chi connectivity index (χ0n) is 10.2. The van der Waals surface area contributed by atoms with E-state index in [1.807, 2.05) is 0 Å². The maximum atomic E-state index is 11.8. The van der Waals surface area contributed by atoms with Gasteiger partial charge in [-0.1, -0.05) is 0 Å². The normalized spacial score (nSPS) is 11.0. The quantitative estimate of drug-likeness (QED) is 0.627. The Kier molecular flexibility index (Phi) is 5.02. The Labute approximate surface area is 110 Å². The van der Waals surface area contributed by atoms with E-state index in [2.05, 4.69) is 10.0 Å². The van der Waals surface area contributed by atoms with Crippen LogP contribution in [0.1, 0.15) is 17.3 Å². The molecule has 3 N–H and O–H groups in total. The van der Waals surface area contributed by atoms with E-state index in [0.29, 0.717) is 0 Å². The van der Waals surface area contributed by atoms with Crippen LogP contribution >= 0.6 is 0 Å². The fourth-order valence-corrected chi connectivity index (χ4v) is 2.32. The zero-order chi connectivity index (χ0) is 14.5. The molecule has 0 radical (unpaired) electrons. The first-order valence-electron chi connectivity index (χ1n) is 5.40. The predicted octanol–water partition coefficient (Wildman–Crippen LogP) is -0.201. The number of aromatic carboxylic acids is 1. The number of amides is 1. The lowest BCUT2D eigenvalue weighted by Gasteiger charge is -2.07. The van der Waals surface area contributed by atoms with Crippen LogP contribution in [-0.2, 0) is 14.8 Å².